The summed E-state index contributed by atoms with van der Waals surface area (Å²) in [5, 5.41) is 15.1. The van der Waals surface area contributed by atoms with Gasteiger partial charge in [-0.3, -0.25) is 4.79 Å². The van der Waals surface area contributed by atoms with Crippen LogP contribution in [-0.4, -0.2) is 36.2 Å². The van der Waals surface area contributed by atoms with Gasteiger partial charge in [-0.25, -0.2) is 0 Å². The zero-order valence-electron chi connectivity index (χ0n) is 7.62. The molecule has 4 nitrogen and oxygen atoms in total. The van der Waals surface area contributed by atoms with Gasteiger partial charge in [0.05, 0.1) is 6.10 Å². The molecular weight excluding hydrogens is 168 g/mol. The topological polar surface area (TPSA) is 61.4 Å². The van der Waals surface area contributed by atoms with Gasteiger partial charge in [0.25, 0.3) is 0 Å². The first-order valence-corrected chi connectivity index (χ1v) is 4.92. The molecule has 2 aliphatic rings. The first-order valence-electron chi connectivity index (χ1n) is 4.92. The Kier molecular flexibility index (Phi) is 2.51. The van der Waals surface area contributed by atoms with Crippen LogP contribution in [0, 0.1) is 5.92 Å². The number of aliphatic hydroxyl groups excluding tert-OH is 1. The van der Waals surface area contributed by atoms with E-state index in [0.717, 1.165) is 25.9 Å². The lowest BCUT2D eigenvalue weighted by atomic mass is 9.89. The average Bonchev–Trinajstić information content (AvgIpc) is 1.94. The molecule has 1 amide bonds. The third-order valence-corrected chi connectivity index (χ3v) is 2.82. The Balaban J connectivity index is 1.61. The van der Waals surface area contributed by atoms with Crippen molar-refractivity contribution >= 4 is 5.91 Å². The molecule has 0 unspecified atom stereocenters. The predicted octanol–water partition coefficient (Wildman–Crippen LogP) is -0.765. The van der Waals surface area contributed by atoms with Crippen LogP contribution < -0.4 is 10.6 Å². The molecule has 2 fully saturated rings. The first kappa shape index (κ1) is 8.97. The normalized spacial score (nSPS) is 33.3. The Hall–Kier alpha value is -0.610. The summed E-state index contributed by atoms with van der Waals surface area (Å²) in [4.78, 5) is 11.3. The van der Waals surface area contributed by atoms with Crippen LogP contribution in [0.2, 0.25) is 0 Å². The number of aliphatic hydroxyl groups is 1. The number of hydrogen-bond donors (Lipinski definition) is 3. The van der Waals surface area contributed by atoms with Crippen molar-refractivity contribution in [1.82, 2.24) is 10.6 Å². The van der Waals surface area contributed by atoms with Crippen LogP contribution in [0.3, 0.4) is 0 Å². The predicted molar refractivity (Wildman–Crippen MR) is 48.1 cm³/mol. The molecule has 2 rings (SSSR count). The Morgan fingerprint density at radius 3 is 2.62 bits per heavy atom. The highest BCUT2D eigenvalue weighted by atomic mass is 16.3. The number of carbonyl (C=O) groups excluding carboxylic acids is 1. The fourth-order valence-corrected chi connectivity index (χ4v) is 1.75. The van der Waals surface area contributed by atoms with E-state index in [1.54, 1.807) is 0 Å². The van der Waals surface area contributed by atoms with Gasteiger partial charge in [-0.15, -0.1) is 0 Å². The standard InChI is InChI=1S/C9H16N2O2/c12-8-2-7(3-8)11-9(13)1-6-4-10-5-6/h6-8,10,12H,1-5H2,(H,11,13). The van der Waals surface area contributed by atoms with E-state index in [2.05, 4.69) is 10.6 Å². The highest BCUT2D eigenvalue weighted by Crippen LogP contribution is 2.19. The number of rotatable bonds is 3. The maximum Gasteiger partial charge on any atom is 0.220 e. The van der Waals surface area contributed by atoms with Gasteiger partial charge in [0, 0.05) is 12.5 Å². The van der Waals surface area contributed by atoms with Crippen molar-refractivity contribution in [2.45, 2.75) is 31.4 Å². The summed E-state index contributed by atoms with van der Waals surface area (Å²) < 4.78 is 0. The van der Waals surface area contributed by atoms with E-state index in [4.69, 9.17) is 5.11 Å². The average molecular weight is 184 g/mol. The maximum absolute atomic E-state index is 11.3. The molecule has 13 heavy (non-hydrogen) atoms. The van der Waals surface area contributed by atoms with E-state index >= 15 is 0 Å². The molecule has 1 aliphatic carbocycles. The van der Waals surface area contributed by atoms with Gasteiger partial charge in [-0.1, -0.05) is 0 Å². The minimum Gasteiger partial charge on any atom is -0.393 e. The largest absolute Gasteiger partial charge is 0.393 e. The lowest BCUT2D eigenvalue weighted by molar-refractivity contribution is -0.124. The van der Waals surface area contributed by atoms with Crippen LogP contribution in [-0.2, 0) is 4.79 Å². The van der Waals surface area contributed by atoms with Gasteiger partial charge in [0.1, 0.15) is 0 Å². The van der Waals surface area contributed by atoms with Crippen molar-refractivity contribution in [3.05, 3.63) is 0 Å². The molecular formula is C9H16N2O2. The number of hydrogen-bond acceptors (Lipinski definition) is 3. The fourth-order valence-electron chi connectivity index (χ4n) is 1.75. The molecule has 3 N–H and O–H groups in total. The van der Waals surface area contributed by atoms with E-state index in [0.29, 0.717) is 12.3 Å². The molecule has 0 spiro atoms. The van der Waals surface area contributed by atoms with Gasteiger partial charge in [0.15, 0.2) is 0 Å². The van der Waals surface area contributed by atoms with Crippen molar-refractivity contribution < 1.29 is 9.90 Å². The Morgan fingerprint density at radius 2 is 2.15 bits per heavy atom. The number of nitrogens with one attached hydrogen (secondary N) is 2. The molecule has 0 bridgehead atoms. The van der Waals surface area contributed by atoms with Crippen LogP contribution in [0.25, 0.3) is 0 Å². The fraction of sp³-hybridized carbons (Fsp3) is 0.889. The summed E-state index contributed by atoms with van der Waals surface area (Å²) in [6.45, 7) is 1.95. The van der Waals surface area contributed by atoms with E-state index in [9.17, 15) is 4.79 Å². The number of carbonyl (C=O) groups is 1. The van der Waals surface area contributed by atoms with E-state index in [-0.39, 0.29) is 18.1 Å². The SMILES string of the molecule is O=C(CC1CNC1)NC1CC(O)C1. The molecule has 1 aliphatic heterocycles. The molecule has 0 aromatic heterocycles. The van der Waals surface area contributed by atoms with Gasteiger partial charge < -0.3 is 15.7 Å². The van der Waals surface area contributed by atoms with Crippen LogP contribution in [0.15, 0.2) is 0 Å². The summed E-state index contributed by atoms with van der Waals surface area (Å²) in [5.74, 6) is 0.674. The Bertz CT molecular complexity index is 198. The van der Waals surface area contributed by atoms with Gasteiger partial charge >= 0.3 is 0 Å². The molecule has 0 aromatic carbocycles. The zero-order valence-corrected chi connectivity index (χ0v) is 7.62. The van der Waals surface area contributed by atoms with Crippen LogP contribution in [0.5, 0.6) is 0 Å². The molecule has 74 valence electrons. The smallest absolute Gasteiger partial charge is 0.220 e. The first-order chi connectivity index (χ1) is 6.24. The van der Waals surface area contributed by atoms with E-state index < -0.39 is 0 Å². The molecule has 4 heteroatoms. The summed E-state index contributed by atoms with van der Waals surface area (Å²) in [6, 6.07) is 0.232. The maximum atomic E-state index is 11.3. The highest BCUT2D eigenvalue weighted by Gasteiger charge is 2.29. The van der Waals surface area contributed by atoms with E-state index in [1.165, 1.54) is 0 Å². The summed E-state index contributed by atoms with van der Waals surface area (Å²) in [7, 11) is 0. The molecule has 0 radical (unpaired) electrons. The summed E-state index contributed by atoms with van der Waals surface area (Å²) in [6.07, 6.45) is 1.92. The van der Waals surface area contributed by atoms with Crippen molar-refractivity contribution in [3.8, 4) is 0 Å². The highest BCUT2D eigenvalue weighted by molar-refractivity contribution is 5.76. The monoisotopic (exact) mass is 184 g/mol. The quantitative estimate of drug-likeness (QED) is 0.540. The second-order valence-corrected chi connectivity index (χ2v) is 4.12. The number of amides is 1. The summed E-state index contributed by atoms with van der Waals surface area (Å²) >= 11 is 0. The molecule has 1 heterocycles. The third kappa shape index (κ3) is 2.19. The Labute approximate surface area is 77.7 Å². The second kappa shape index (κ2) is 3.64. The van der Waals surface area contributed by atoms with E-state index in [1.807, 2.05) is 0 Å². The van der Waals surface area contributed by atoms with Crippen molar-refractivity contribution in [3.63, 3.8) is 0 Å². The molecule has 1 saturated carbocycles. The third-order valence-electron chi connectivity index (χ3n) is 2.82. The van der Waals surface area contributed by atoms with Crippen molar-refractivity contribution in [2.75, 3.05) is 13.1 Å². The summed E-state index contributed by atoms with van der Waals surface area (Å²) in [5.41, 5.74) is 0. The van der Waals surface area contributed by atoms with Gasteiger partial charge in [-0.05, 0) is 31.8 Å². The minimum atomic E-state index is -0.185. The Morgan fingerprint density at radius 1 is 1.46 bits per heavy atom. The minimum absolute atomic E-state index is 0.142. The van der Waals surface area contributed by atoms with Crippen molar-refractivity contribution in [1.29, 1.82) is 0 Å². The lowest BCUT2D eigenvalue weighted by Gasteiger charge is -2.33. The van der Waals surface area contributed by atoms with Crippen molar-refractivity contribution in [2.24, 2.45) is 5.92 Å². The van der Waals surface area contributed by atoms with Crippen LogP contribution in [0.4, 0.5) is 0 Å². The zero-order chi connectivity index (χ0) is 9.26. The lowest BCUT2D eigenvalue weighted by Crippen LogP contribution is -2.49. The van der Waals surface area contributed by atoms with Crippen LogP contribution in [0.1, 0.15) is 19.3 Å². The molecule has 0 atom stereocenters. The van der Waals surface area contributed by atoms with Gasteiger partial charge in [-0.2, -0.15) is 0 Å². The van der Waals surface area contributed by atoms with Crippen LogP contribution >= 0.6 is 0 Å². The van der Waals surface area contributed by atoms with Gasteiger partial charge in [0.2, 0.25) is 5.91 Å². The molecule has 0 aromatic rings. The second-order valence-electron chi connectivity index (χ2n) is 4.12. The molecule has 1 saturated heterocycles.